The molecule has 1 unspecified atom stereocenters. The van der Waals surface area contributed by atoms with Crippen LogP contribution in [0.25, 0.3) is 0 Å². The van der Waals surface area contributed by atoms with Gasteiger partial charge in [0, 0.05) is 31.1 Å². The van der Waals surface area contributed by atoms with Gasteiger partial charge >= 0.3 is 0 Å². The molecule has 4 rings (SSSR count). The fourth-order valence-electron chi connectivity index (χ4n) is 4.06. The van der Waals surface area contributed by atoms with Crippen LogP contribution in [0.4, 0.5) is 0 Å². The molecule has 1 aliphatic carbocycles. The number of aromatic nitrogens is 3. The maximum Gasteiger partial charge on any atom is 0.254 e. The number of carbonyl (C=O) groups is 1. The van der Waals surface area contributed by atoms with E-state index in [4.69, 9.17) is 4.74 Å². The van der Waals surface area contributed by atoms with Crippen molar-refractivity contribution < 1.29 is 9.53 Å². The predicted octanol–water partition coefficient (Wildman–Crippen LogP) is 3.24. The van der Waals surface area contributed by atoms with Gasteiger partial charge in [0.15, 0.2) is 0 Å². The van der Waals surface area contributed by atoms with Gasteiger partial charge in [-0.15, -0.1) is 10.2 Å². The Hall–Kier alpha value is -2.37. The van der Waals surface area contributed by atoms with E-state index in [-0.39, 0.29) is 11.9 Å². The quantitative estimate of drug-likeness (QED) is 0.753. The number of methoxy groups -OCH3 is 1. The number of hydrogen-bond donors (Lipinski definition) is 0. The maximum atomic E-state index is 13.1. The van der Waals surface area contributed by atoms with E-state index in [1.165, 1.54) is 12.8 Å². The van der Waals surface area contributed by atoms with Crippen LogP contribution in [0.15, 0.2) is 24.5 Å². The van der Waals surface area contributed by atoms with Crippen molar-refractivity contribution in [2.75, 3.05) is 13.7 Å². The Labute approximate surface area is 160 Å². The van der Waals surface area contributed by atoms with E-state index in [1.807, 2.05) is 31.5 Å². The van der Waals surface area contributed by atoms with E-state index in [9.17, 15) is 4.79 Å². The van der Waals surface area contributed by atoms with Gasteiger partial charge in [0.05, 0.1) is 7.11 Å². The lowest BCUT2D eigenvalue weighted by atomic mass is 10.0. The Bertz CT molecular complexity index is 812. The number of carbonyl (C=O) groups excluding carboxylic acids is 1. The molecule has 1 atom stereocenters. The van der Waals surface area contributed by atoms with Crippen LogP contribution in [-0.4, -0.2) is 45.3 Å². The molecule has 1 saturated heterocycles. The van der Waals surface area contributed by atoms with Crippen LogP contribution in [0.3, 0.4) is 0 Å². The standard InChI is InChI=1S/C21H28N4O2/c1-15-12-18(27-2)8-9-19(15)21(26)25-11-3-4-17(25)7-10-20-23-22-14-24(20)13-16-5-6-16/h8-9,12,14,16-17H,3-7,10-11,13H2,1-2H3. The summed E-state index contributed by atoms with van der Waals surface area (Å²) < 4.78 is 7.46. The summed E-state index contributed by atoms with van der Waals surface area (Å²) >= 11 is 0. The second-order valence-electron chi connectivity index (χ2n) is 7.86. The van der Waals surface area contributed by atoms with Crippen LogP contribution < -0.4 is 4.74 Å². The van der Waals surface area contributed by atoms with Crippen LogP contribution in [0.1, 0.15) is 53.8 Å². The monoisotopic (exact) mass is 368 g/mol. The summed E-state index contributed by atoms with van der Waals surface area (Å²) in [5, 5.41) is 8.41. The van der Waals surface area contributed by atoms with E-state index in [2.05, 4.69) is 19.7 Å². The fourth-order valence-corrected chi connectivity index (χ4v) is 4.06. The van der Waals surface area contributed by atoms with E-state index in [0.29, 0.717) is 0 Å². The van der Waals surface area contributed by atoms with Crippen LogP contribution in [-0.2, 0) is 13.0 Å². The average Bonchev–Trinajstić information content (AvgIpc) is 3.17. The highest BCUT2D eigenvalue weighted by Gasteiger charge is 2.30. The predicted molar refractivity (Wildman–Crippen MR) is 103 cm³/mol. The molecule has 2 fully saturated rings. The van der Waals surface area contributed by atoms with E-state index < -0.39 is 0 Å². The number of nitrogens with zero attached hydrogens (tertiary/aromatic N) is 4. The second kappa shape index (κ2) is 7.71. The topological polar surface area (TPSA) is 60.2 Å². The van der Waals surface area contributed by atoms with Crippen molar-refractivity contribution in [3.8, 4) is 5.75 Å². The van der Waals surface area contributed by atoms with Crippen molar-refractivity contribution in [2.45, 2.75) is 58.0 Å². The molecule has 1 aromatic carbocycles. The Balaban J connectivity index is 1.41. The van der Waals surface area contributed by atoms with E-state index >= 15 is 0 Å². The van der Waals surface area contributed by atoms with Gasteiger partial charge in [-0.05, 0) is 68.7 Å². The van der Waals surface area contributed by atoms with Gasteiger partial charge < -0.3 is 14.2 Å². The lowest BCUT2D eigenvalue weighted by Crippen LogP contribution is -2.36. The third-order valence-corrected chi connectivity index (χ3v) is 5.85. The number of likely N-dealkylation sites (tertiary alicyclic amines) is 1. The number of benzene rings is 1. The average molecular weight is 368 g/mol. The molecule has 0 spiro atoms. The van der Waals surface area contributed by atoms with Gasteiger partial charge in [-0.1, -0.05) is 0 Å². The molecule has 2 aliphatic rings. The van der Waals surface area contributed by atoms with Crippen molar-refractivity contribution in [3.63, 3.8) is 0 Å². The summed E-state index contributed by atoms with van der Waals surface area (Å²) in [6.07, 6.45) is 8.46. The first-order valence-electron chi connectivity index (χ1n) is 9.98. The largest absolute Gasteiger partial charge is 0.497 e. The molecule has 0 radical (unpaired) electrons. The van der Waals surface area contributed by atoms with Crippen LogP contribution in [0, 0.1) is 12.8 Å². The molecular formula is C21H28N4O2. The van der Waals surface area contributed by atoms with Gasteiger partial charge in [0.1, 0.15) is 17.9 Å². The Morgan fingerprint density at radius 1 is 1.30 bits per heavy atom. The zero-order valence-corrected chi connectivity index (χ0v) is 16.2. The zero-order valence-electron chi connectivity index (χ0n) is 16.2. The number of ether oxygens (including phenoxy) is 1. The molecule has 2 aromatic rings. The molecule has 1 amide bonds. The van der Waals surface area contributed by atoms with Gasteiger partial charge in [-0.25, -0.2) is 0 Å². The molecule has 6 nitrogen and oxygen atoms in total. The molecule has 1 saturated carbocycles. The van der Waals surface area contributed by atoms with Crippen molar-refractivity contribution >= 4 is 5.91 Å². The minimum absolute atomic E-state index is 0.136. The first kappa shape index (κ1) is 18.0. The summed E-state index contributed by atoms with van der Waals surface area (Å²) in [5.74, 6) is 2.79. The smallest absolute Gasteiger partial charge is 0.254 e. The summed E-state index contributed by atoms with van der Waals surface area (Å²) in [6, 6.07) is 5.97. The summed E-state index contributed by atoms with van der Waals surface area (Å²) in [6.45, 7) is 3.85. The number of amides is 1. The lowest BCUT2D eigenvalue weighted by molar-refractivity contribution is 0.0729. The summed E-state index contributed by atoms with van der Waals surface area (Å²) in [4.78, 5) is 15.2. The molecule has 0 bridgehead atoms. The first-order valence-corrected chi connectivity index (χ1v) is 9.98. The molecule has 0 N–H and O–H groups in total. The zero-order chi connectivity index (χ0) is 18.8. The summed E-state index contributed by atoms with van der Waals surface area (Å²) in [5.41, 5.74) is 1.74. The van der Waals surface area contributed by atoms with Crippen LogP contribution >= 0.6 is 0 Å². The van der Waals surface area contributed by atoms with Crippen molar-refractivity contribution in [1.82, 2.24) is 19.7 Å². The number of aryl methyl sites for hydroxylation is 2. The summed E-state index contributed by atoms with van der Waals surface area (Å²) in [7, 11) is 1.65. The molecule has 144 valence electrons. The van der Waals surface area contributed by atoms with Crippen molar-refractivity contribution in [1.29, 1.82) is 0 Å². The fraction of sp³-hybridized carbons (Fsp3) is 0.571. The molecule has 2 heterocycles. The van der Waals surface area contributed by atoms with Gasteiger partial charge in [-0.3, -0.25) is 4.79 Å². The maximum absolute atomic E-state index is 13.1. The molecule has 27 heavy (non-hydrogen) atoms. The van der Waals surface area contributed by atoms with Gasteiger partial charge in [0.25, 0.3) is 5.91 Å². The number of hydrogen-bond acceptors (Lipinski definition) is 4. The molecule has 1 aliphatic heterocycles. The normalized spacial score (nSPS) is 19.5. The number of rotatable bonds is 7. The Morgan fingerprint density at radius 2 is 2.15 bits per heavy atom. The highest BCUT2D eigenvalue weighted by molar-refractivity contribution is 5.96. The Morgan fingerprint density at radius 3 is 2.89 bits per heavy atom. The second-order valence-corrected chi connectivity index (χ2v) is 7.86. The third kappa shape index (κ3) is 3.99. The molecular weight excluding hydrogens is 340 g/mol. The molecule has 1 aromatic heterocycles. The van der Waals surface area contributed by atoms with Crippen LogP contribution in [0.5, 0.6) is 5.75 Å². The highest BCUT2D eigenvalue weighted by Crippen LogP contribution is 2.31. The Kier molecular flexibility index (Phi) is 5.14. The van der Waals surface area contributed by atoms with E-state index in [0.717, 1.165) is 67.4 Å². The first-order chi connectivity index (χ1) is 13.2. The third-order valence-electron chi connectivity index (χ3n) is 5.85. The van der Waals surface area contributed by atoms with Gasteiger partial charge in [-0.2, -0.15) is 0 Å². The van der Waals surface area contributed by atoms with Crippen molar-refractivity contribution in [3.05, 3.63) is 41.5 Å². The SMILES string of the molecule is COc1ccc(C(=O)N2CCCC2CCc2nncn2CC2CC2)c(C)c1. The highest BCUT2D eigenvalue weighted by atomic mass is 16.5. The van der Waals surface area contributed by atoms with Crippen LogP contribution in [0.2, 0.25) is 0 Å². The van der Waals surface area contributed by atoms with Gasteiger partial charge in [0.2, 0.25) is 0 Å². The minimum Gasteiger partial charge on any atom is -0.497 e. The molecule has 6 heteroatoms. The van der Waals surface area contributed by atoms with Crippen molar-refractivity contribution in [2.24, 2.45) is 5.92 Å². The lowest BCUT2D eigenvalue weighted by Gasteiger charge is -2.25. The minimum atomic E-state index is 0.136. The van der Waals surface area contributed by atoms with E-state index in [1.54, 1.807) is 7.11 Å².